The molecule has 2 aromatic rings. The third-order valence-electron chi connectivity index (χ3n) is 2.73. The minimum absolute atomic E-state index is 0.126. The number of aliphatic hydroxyl groups is 2. The average molecular weight is 290 g/mol. The summed E-state index contributed by atoms with van der Waals surface area (Å²) in [7, 11) is 0. The third-order valence-corrected chi connectivity index (χ3v) is 2.73. The first-order valence-corrected chi connectivity index (χ1v) is 5.76. The SMILES string of the molecule is CC(C)c1nc2cc(C(N)(O)O)cc(C(F)(F)F)c2o1. The Balaban J connectivity index is 2.79. The van der Waals surface area contributed by atoms with E-state index in [1.165, 1.54) is 0 Å². The molecule has 110 valence electrons. The van der Waals surface area contributed by atoms with E-state index in [-0.39, 0.29) is 17.3 Å². The van der Waals surface area contributed by atoms with E-state index in [0.717, 1.165) is 6.07 Å². The Hall–Kier alpha value is -1.64. The van der Waals surface area contributed by atoms with Crippen LogP contribution in [0.3, 0.4) is 0 Å². The van der Waals surface area contributed by atoms with E-state index in [9.17, 15) is 23.4 Å². The van der Waals surface area contributed by atoms with Crippen molar-refractivity contribution < 1.29 is 27.8 Å². The molecule has 0 fully saturated rings. The first-order valence-electron chi connectivity index (χ1n) is 5.76. The molecule has 0 aliphatic rings. The number of aromatic nitrogens is 1. The van der Waals surface area contributed by atoms with Gasteiger partial charge in [0.05, 0.1) is 0 Å². The van der Waals surface area contributed by atoms with Gasteiger partial charge in [0.25, 0.3) is 0 Å². The van der Waals surface area contributed by atoms with Crippen molar-refractivity contribution in [2.75, 3.05) is 0 Å². The first-order chi connectivity index (χ1) is 9.00. The molecular formula is C12H13F3N2O3. The molecule has 0 unspecified atom stereocenters. The Morgan fingerprint density at radius 2 is 1.85 bits per heavy atom. The molecule has 0 aliphatic carbocycles. The summed E-state index contributed by atoms with van der Waals surface area (Å²) >= 11 is 0. The summed E-state index contributed by atoms with van der Waals surface area (Å²) in [6.45, 7) is 3.43. The lowest BCUT2D eigenvalue weighted by atomic mass is 10.1. The van der Waals surface area contributed by atoms with E-state index < -0.39 is 28.8 Å². The van der Waals surface area contributed by atoms with E-state index in [1.54, 1.807) is 13.8 Å². The van der Waals surface area contributed by atoms with Gasteiger partial charge in [-0.15, -0.1) is 0 Å². The summed E-state index contributed by atoms with van der Waals surface area (Å²) in [6, 6.07) is 1.59. The Morgan fingerprint density at radius 3 is 2.30 bits per heavy atom. The second kappa shape index (κ2) is 4.44. The van der Waals surface area contributed by atoms with Crippen molar-refractivity contribution in [2.45, 2.75) is 31.9 Å². The van der Waals surface area contributed by atoms with Gasteiger partial charge in [0.1, 0.15) is 11.1 Å². The van der Waals surface area contributed by atoms with Gasteiger partial charge >= 0.3 is 6.18 Å². The van der Waals surface area contributed by atoms with Crippen molar-refractivity contribution in [2.24, 2.45) is 5.73 Å². The lowest BCUT2D eigenvalue weighted by Crippen LogP contribution is -2.36. The summed E-state index contributed by atoms with van der Waals surface area (Å²) in [5.41, 5.74) is 2.77. The molecule has 0 radical (unpaired) electrons. The number of nitrogens with zero attached hydrogens (tertiary/aromatic N) is 1. The van der Waals surface area contributed by atoms with Gasteiger partial charge in [-0.05, 0) is 12.1 Å². The summed E-state index contributed by atoms with van der Waals surface area (Å²) in [5.74, 6) is -2.97. The van der Waals surface area contributed by atoms with E-state index in [2.05, 4.69) is 4.98 Å². The van der Waals surface area contributed by atoms with E-state index >= 15 is 0 Å². The summed E-state index contributed by atoms with van der Waals surface area (Å²) < 4.78 is 44.1. The number of hydrogen-bond acceptors (Lipinski definition) is 5. The van der Waals surface area contributed by atoms with Crippen LogP contribution in [0.4, 0.5) is 13.2 Å². The highest BCUT2D eigenvalue weighted by atomic mass is 19.4. The number of alkyl halides is 3. The monoisotopic (exact) mass is 290 g/mol. The molecule has 1 heterocycles. The number of fused-ring (bicyclic) bond motifs is 1. The van der Waals surface area contributed by atoms with Crippen molar-refractivity contribution in [3.63, 3.8) is 0 Å². The minimum atomic E-state index is -4.73. The highest BCUT2D eigenvalue weighted by Gasteiger charge is 2.37. The number of benzene rings is 1. The van der Waals surface area contributed by atoms with Gasteiger partial charge in [0.15, 0.2) is 11.5 Å². The molecule has 0 amide bonds. The fourth-order valence-electron chi connectivity index (χ4n) is 1.72. The van der Waals surface area contributed by atoms with Gasteiger partial charge in [-0.3, -0.25) is 5.73 Å². The molecule has 0 spiro atoms. The van der Waals surface area contributed by atoms with Gasteiger partial charge in [-0.1, -0.05) is 13.8 Å². The molecular weight excluding hydrogens is 277 g/mol. The smallest absolute Gasteiger partial charge is 0.420 e. The molecule has 0 bridgehead atoms. The van der Waals surface area contributed by atoms with Crippen LogP contribution in [0.2, 0.25) is 0 Å². The highest BCUT2D eigenvalue weighted by molar-refractivity contribution is 5.78. The molecule has 0 atom stereocenters. The van der Waals surface area contributed by atoms with Crippen LogP contribution in [0, 0.1) is 0 Å². The van der Waals surface area contributed by atoms with Gasteiger partial charge in [0.2, 0.25) is 5.91 Å². The van der Waals surface area contributed by atoms with Crippen LogP contribution in [0.25, 0.3) is 11.1 Å². The fraction of sp³-hybridized carbons (Fsp3) is 0.417. The molecule has 0 saturated carbocycles. The largest absolute Gasteiger partial charge is 0.440 e. The first kappa shape index (κ1) is 14.8. The van der Waals surface area contributed by atoms with Gasteiger partial charge in [0, 0.05) is 11.5 Å². The number of rotatable bonds is 2. The Labute approximate surface area is 111 Å². The van der Waals surface area contributed by atoms with Crippen LogP contribution in [0.15, 0.2) is 16.5 Å². The van der Waals surface area contributed by atoms with Crippen molar-refractivity contribution in [3.05, 3.63) is 29.2 Å². The van der Waals surface area contributed by atoms with Gasteiger partial charge in [-0.2, -0.15) is 13.2 Å². The number of halogens is 3. The maximum atomic E-state index is 13.0. The van der Waals surface area contributed by atoms with E-state index in [4.69, 9.17) is 10.2 Å². The van der Waals surface area contributed by atoms with Crippen LogP contribution in [-0.2, 0) is 12.1 Å². The lowest BCUT2D eigenvalue weighted by Gasteiger charge is -2.17. The normalized spacial score (nSPS) is 13.4. The molecule has 0 aliphatic heterocycles. The van der Waals surface area contributed by atoms with Crippen LogP contribution in [0.1, 0.15) is 36.8 Å². The van der Waals surface area contributed by atoms with Gasteiger partial charge < -0.3 is 14.6 Å². The topological polar surface area (TPSA) is 92.5 Å². The van der Waals surface area contributed by atoms with E-state index in [1.807, 2.05) is 0 Å². The minimum Gasteiger partial charge on any atom is -0.440 e. The van der Waals surface area contributed by atoms with Crippen molar-refractivity contribution in [1.82, 2.24) is 4.98 Å². The second-order valence-electron chi connectivity index (χ2n) is 4.80. The van der Waals surface area contributed by atoms with Crippen molar-refractivity contribution >= 4 is 11.1 Å². The van der Waals surface area contributed by atoms with Crippen LogP contribution >= 0.6 is 0 Å². The summed E-state index contributed by atoms with van der Waals surface area (Å²) in [6.07, 6.45) is -4.73. The summed E-state index contributed by atoms with van der Waals surface area (Å²) in [5, 5.41) is 18.5. The lowest BCUT2D eigenvalue weighted by molar-refractivity contribution is -0.164. The van der Waals surface area contributed by atoms with Crippen LogP contribution < -0.4 is 5.73 Å². The highest BCUT2D eigenvalue weighted by Crippen LogP contribution is 2.38. The maximum Gasteiger partial charge on any atom is 0.420 e. The molecule has 5 nitrogen and oxygen atoms in total. The summed E-state index contributed by atoms with van der Waals surface area (Å²) in [4.78, 5) is 3.92. The second-order valence-corrected chi connectivity index (χ2v) is 4.80. The molecule has 4 N–H and O–H groups in total. The molecule has 2 rings (SSSR count). The number of oxazole rings is 1. The van der Waals surface area contributed by atoms with Gasteiger partial charge in [-0.25, -0.2) is 4.98 Å². The zero-order valence-corrected chi connectivity index (χ0v) is 10.7. The third kappa shape index (κ3) is 2.62. The molecule has 20 heavy (non-hydrogen) atoms. The Bertz CT molecular complexity index is 642. The number of hydrogen-bond donors (Lipinski definition) is 3. The Morgan fingerprint density at radius 1 is 1.25 bits per heavy atom. The van der Waals surface area contributed by atoms with Crippen LogP contribution in [-0.4, -0.2) is 15.2 Å². The zero-order chi connectivity index (χ0) is 15.3. The number of nitrogens with two attached hydrogens (primary N) is 1. The van der Waals surface area contributed by atoms with Crippen molar-refractivity contribution in [1.29, 1.82) is 0 Å². The quantitative estimate of drug-likeness (QED) is 0.736. The maximum absolute atomic E-state index is 13.0. The van der Waals surface area contributed by atoms with Crippen molar-refractivity contribution in [3.8, 4) is 0 Å². The molecule has 0 saturated heterocycles. The zero-order valence-electron chi connectivity index (χ0n) is 10.7. The fourth-order valence-corrected chi connectivity index (χ4v) is 1.72. The molecule has 1 aromatic heterocycles. The standard InChI is InChI=1S/C12H13F3N2O3/c1-5(2)10-17-8-4-6(12(16,18)19)3-7(9(8)20-10)11(13,14)15/h3-5,18-19H,16H2,1-2H3. The average Bonchev–Trinajstić information content (AvgIpc) is 2.68. The predicted octanol–water partition coefficient (Wildman–Crippen LogP) is 2.02. The Kier molecular flexibility index (Phi) is 3.28. The van der Waals surface area contributed by atoms with E-state index in [0.29, 0.717) is 6.07 Å². The predicted molar refractivity (Wildman–Crippen MR) is 63.4 cm³/mol. The van der Waals surface area contributed by atoms with Crippen LogP contribution in [0.5, 0.6) is 0 Å². The molecule has 8 heteroatoms. The molecule has 1 aromatic carbocycles.